The number of benzene rings is 1. The van der Waals surface area contributed by atoms with E-state index in [1.807, 2.05) is 0 Å². The Morgan fingerprint density at radius 2 is 1.76 bits per heavy atom. The molecular weight excluding hydrogens is 230 g/mol. The minimum atomic E-state index is 0.247. The number of aromatic nitrogens is 2. The van der Waals surface area contributed by atoms with Crippen LogP contribution in [0.15, 0.2) is 47.9 Å². The molecule has 0 amide bonds. The lowest BCUT2D eigenvalue weighted by Gasteiger charge is -2.15. The molecule has 0 saturated heterocycles. The van der Waals surface area contributed by atoms with Crippen molar-refractivity contribution in [3.63, 3.8) is 0 Å². The molecule has 17 heavy (non-hydrogen) atoms. The summed E-state index contributed by atoms with van der Waals surface area (Å²) in [6.45, 7) is 2.13. The maximum atomic E-state index is 3.98. The van der Waals surface area contributed by atoms with Gasteiger partial charge in [-0.15, -0.1) is 11.8 Å². The molecule has 2 aromatic rings. The van der Waals surface area contributed by atoms with E-state index in [0.29, 0.717) is 0 Å². The molecule has 1 N–H and O–H groups in total. The van der Waals surface area contributed by atoms with E-state index in [1.165, 1.54) is 16.8 Å². The van der Waals surface area contributed by atoms with Gasteiger partial charge in [0.1, 0.15) is 6.33 Å². The van der Waals surface area contributed by atoms with Crippen LogP contribution in [0, 0.1) is 0 Å². The van der Waals surface area contributed by atoms with Crippen LogP contribution in [-0.4, -0.2) is 16.2 Å². The summed E-state index contributed by atoms with van der Waals surface area (Å²) < 4.78 is 0. The van der Waals surface area contributed by atoms with Crippen LogP contribution in [0.2, 0.25) is 0 Å². The molecule has 1 heterocycles. The Bertz CT molecular complexity index is 456. The normalized spacial score (nSPS) is 12.1. The highest BCUT2D eigenvalue weighted by Gasteiger charge is 2.05. The molecule has 1 aromatic heterocycles. The van der Waals surface area contributed by atoms with E-state index in [0.717, 1.165) is 5.69 Å². The van der Waals surface area contributed by atoms with Crippen LogP contribution >= 0.6 is 11.8 Å². The molecule has 0 radical (unpaired) electrons. The highest BCUT2D eigenvalue weighted by molar-refractivity contribution is 7.98. The van der Waals surface area contributed by atoms with Gasteiger partial charge in [0, 0.05) is 10.9 Å². The Labute approximate surface area is 106 Å². The number of nitrogens with zero attached hydrogens (tertiary/aromatic N) is 2. The molecule has 0 spiro atoms. The zero-order chi connectivity index (χ0) is 12.1. The van der Waals surface area contributed by atoms with Crippen molar-refractivity contribution in [2.45, 2.75) is 17.9 Å². The highest BCUT2D eigenvalue weighted by Crippen LogP contribution is 2.21. The van der Waals surface area contributed by atoms with Crippen LogP contribution in [0.5, 0.6) is 0 Å². The van der Waals surface area contributed by atoms with Gasteiger partial charge < -0.3 is 5.32 Å². The van der Waals surface area contributed by atoms with Crippen molar-refractivity contribution in [1.29, 1.82) is 0 Å². The third-order valence-corrected chi connectivity index (χ3v) is 3.30. The van der Waals surface area contributed by atoms with E-state index in [9.17, 15) is 0 Å². The van der Waals surface area contributed by atoms with Crippen molar-refractivity contribution >= 4 is 17.4 Å². The van der Waals surface area contributed by atoms with Crippen molar-refractivity contribution in [2.24, 2.45) is 0 Å². The summed E-state index contributed by atoms with van der Waals surface area (Å²) in [5.41, 5.74) is 2.19. The standard InChI is InChI=1S/C13H15N3S/c1-10(16-12-7-14-9-15-8-12)11-3-5-13(17-2)6-4-11/h3-10,16H,1-2H3. The summed E-state index contributed by atoms with van der Waals surface area (Å²) in [5.74, 6) is 0. The average Bonchev–Trinajstić information content (AvgIpc) is 2.40. The number of rotatable bonds is 4. The summed E-state index contributed by atoms with van der Waals surface area (Å²) in [6.07, 6.45) is 7.17. The molecule has 0 bridgehead atoms. The van der Waals surface area contributed by atoms with Crippen LogP contribution in [-0.2, 0) is 0 Å². The topological polar surface area (TPSA) is 37.8 Å². The van der Waals surface area contributed by atoms with E-state index in [-0.39, 0.29) is 6.04 Å². The Morgan fingerprint density at radius 1 is 1.12 bits per heavy atom. The van der Waals surface area contributed by atoms with Crippen molar-refractivity contribution in [2.75, 3.05) is 11.6 Å². The quantitative estimate of drug-likeness (QED) is 0.838. The van der Waals surface area contributed by atoms with Crippen molar-refractivity contribution in [3.05, 3.63) is 48.5 Å². The lowest BCUT2D eigenvalue weighted by molar-refractivity contribution is 0.878. The second-order valence-corrected chi connectivity index (χ2v) is 4.65. The van der Waals surface area contributed by atoms with Gasteiger partial charge in [0.25, 0.3) is 0 Å². The maximum Gasteiger partial charge on any atom is 0.115 e. The first-order valence-corrected chi connectivity index (χ1v) is 6.67. The van der Waals surface area contributed by atoms with Crippen molar-refractivity contribution in [3.8, 4) is 0 Å². The number of thioether (sulfide) groups is 1. The van der Waals surface area contributed by atoms with Gasteiger partial charge in [-0.1, -0.05) is 12.1 Å². The van der Waals surface area contributed by atoms with E-state index in [2.05, 4.69) is 52.7 Å². The zero-order valence-electron chi connectivity index (χ0n) is 9.92. The Morgan fingerprint density at radius 3 is 2.35 bits per heavy atom. The minimum Gasteiger partial charge on any atom is -0.376 e. The molecule has 88 valence electrons. The monoisotopic (exact) mass is 245 g/mol. The number of hydrogen-bond donors (Lipinski definition) is 1. The van der Waals surface area contributed by atoms with Gasteiger partial charge in [-0.05, 0) is 30.9 Å². The number of anilines is 1. The Hall–Kier alpha value is -1.55. The molecular formula is C13H15N3S. The molecule has 0 aliphatic heterocycles. The summed E-state index contributed by atoms with van der Waals surface area (Å²) in [7, 11) is 0. The maximum absolute atomic E-state index is 3.98. The fourth-order valence-corrected chi connectivity index (χ4v) is 2.01. The third-order valence-electron chi connectivity index (χ3n) is 2.56. The summed E-state index contributed by atoms with van der Waals surface area (Å²) in [5, 5.41) is 3.36. The van der Waals surface area contributed by atoms with Gasteiger partial charge in [-0.2, -0.15) is 0 Å². The van der Waals surface area contributed by atoms with E-state index in [1.54, 1.807) is 24.2 Å². The molecule has 3 nitrogen and oxygen atoms in total. The molecule has 0 aliphatic carbocycles. The first kappa shape index (κ1) is 11.9. The number of hydrogen-bond acceptors (Lipinski definition) is 4. The molecule has 0 saturated carbocycles. The second-order valence-electron chi connectivity index (χ2n) is 3.77. The van der Waals surface area contributed by atoms with E-state index < -0.39 is 0 Å². The smallest absolute Gasteiger partial charge is 0.115 e. The SMILES string of the molecule is CSc1ccc(C(C)Nc2cncnc2)cc1. The van der Waals surface area contributed by atoms with E-state index in [4.69, 9.17) is 0 Å². The van der Waals surface area contributed by atoms with Crippen LogP contribution in [0.3, 0.4) is 0 Å². The first-order chi connectivity index (χ1) is 8.29. The summed E-state index contributed by atoms with van der Waals surface area (Å²) in [4.78, 5) is 9.25. The predicted octanol–water partition coefficient (Wildman–Crippen LogP) is 3.37. The lowest BCUT2D eigenvalue weighted by atomic mass is 10.1. The number of nitrogens with one attached hydrogen (secondary N) is 1. The fourth-order valence-electron chi connectivity index (χ4n) is 1.60. The van der Waals surface area contributed by atoms with E-state index >= 15 is 0 Å². The minimum absolute atomic E-state index is 0.247. The van der Waals surface area contributed by atoms with Crippen LogP contribution < -0.4 is 5.32 Å². The molecule has 1 unspecified atom stereocenters. The zero-order valence-corrected chi connectivity index (χ0v) is 10.7. The third kappa shape index (κ3) is 3.20. The van der Waals surface area contributed by atoms with Gasteiger partial charge >= 0.3 is 0 Å². The average molecular weight is 245 g/mol. The molecule has 0 aliphatic rings. The predicted molar refractivity (Wildman–Crippen MR) is 72.3 cm³/mol. The highest BCUT2D eigenvalue weighted by atomic mass is 32.2. The second kappa shape index (κ2) is 5.68. The molecule has 1 aromatic carbocycles. The van der Waals surface area contributed by atoms with Crippen LogP contribution in [0.1, 0.15) is 18.5 Å². The first-order valence-electron chi connectivity index (χ1n) is 5.45. The summed E-state index contributed by atoms with van der Waals surface area (Å²) >= 11 is 1.75. The molecule has 0 fully saturated rings. The Kier molecular flexibility index (Phi) is 3.98. The lowest BCUT2D eigenvalue weighted by Crippen LogP contribution is -2.06. The van der Waals surface area contributed by atoms with Crippen LogP contribution in [0.4, 0.5) is 5.69 Å². The molecule has 4 heteroatoms. The van der Waals surface area contributed by atoms with Crippen LogP contribution in [0.25, 0.3) is 0 Å². The molecule has 1 atom stereocenters. The van der Waals surface area contributed by atoms with Gasteiger partial charge in [0.15, 0.2) is 0 Å². The van der Waals surface area contributed by atoms with Crippen molar-refractivity contribution in [1.82, 2.24) is 9.97 Å². The van der Waals surface area contributed by atoms with Gasteiger partial charge in [0.2, 0.25) is 0 Å². The van der Waals surface area contributed by atoms with Gasteiger partial charge in [-0.25, -0.2) is 9.97 Å². The Balaban J connectivity index is 2.06. The molecule has 2 rings (SSSR count). The fraction of sp³-hybridized carbons (Fsp3) is 0.231. The van der Waals surface area contributed by atoms with Crippen molar-refractivity contribution < 1.29 is 0 Å². The van der Waals surface area contributed by atoms with Gasteiger partial charge in [-0.3, -0.25) is 0 Å². The van der Waals surface area contributed by atoms with Gasteiger partial charge in [0.05, 0.1) is 18.1 Å². The summed E-state index contributed by atoms with van der Waals surface area (Å²) in [6, 6.07) is 8.82. The largest absolute Gasteiger partial charge is 0.376 e.